The van der Waals surface area contributed by atoms with Crippen LogP contribution in [-0.4, -0.2) is 55.0 Å². The zero-order valence-electron chi connectivity index (χ0n) is 14.2. The van der Waals surface area contributed by atoms with Gasteiger partial charge >= 0.3 is 0 Å². The van der Waals surface area contributed by atoms with Gasteiger partial charge in [0, 0.05) is 31.0 Å². The van der Waals surface area contributed by atoms with Crippen LogP contribution in [0.15, 0.2) is 5.11 Å². The molecule has 126 valence electrons. The molecule has 1 rings (SSSR count). The van der Waals surface area contributed by atoms with E-state index in [1.807, 2.05) is 4.90 Å². The lowest BCUT2D eigenvalue weighted by molar-refractivity contribution is -0.127. The minimum Gasteiger partial charge on any atom is -0.342 e. The number of carbonyl (C=O) groups excluding carboxylic acids is 1. The highest BCUT2D eigenvalue weighted by Crippen LogP contribution is 2.18. The molecule has 0 N–H and O–H groups in total. The van der Waals surface area contributed by atoms with Crippen molar-refractivity contribution in [2.45, 2.75) is 52.4 Å². The van der Waals surface area contributed by atoms with E-state index in [-0.39, 0.29) is 11.8 Å². The summed E-state index contributed by atoms with van der Waals surface area (Å²) in [7, 11) is 0. The van der Waals surface area contributed by atoms with Crippen LogP contribution in [0.5, 0.6) is 0 Å². The van der Waals surface area contributed by atoms with Crippen molar-refractivity contribution in [1.29, 1.82) is 0 Å². The van der Waals surface area contributed by atoms with Gasteiger partial charge in [0.2, 0.25) is 5.91 Å². The fourth-order valence-corrected chi connectivity index (χ4v) is 2.93. The summed E-state index contributed by atoms with van der Waals surface area (Å²) < 4.78 is 0. The van der Waals surface area contributed by atoms with Crippen LogP contribution in [0, 0.1) is 5.92 Å². The standard InChI is InChI=1S/C16H31N5O/c1-3-5-8-20(9-6-4-2)10-7-11-21-14-15(12-16(21)22)13-18-19-17/h15H,3-14H2,1-2H3. The van der Waals surface area contributed by atoms with Crippen molar-refractivity contribution >= 4 is 5.91 Å². The third kappa shape index (κ3) is 7.14. The van der Waals surface area contributed by atoms with Crippen molar-refractivity contribution in [3.8, 4) is 0 Å². The highest BCUT2D eigenvalue weighted by molar-refractivity contribution is 5.78. The molecule has 1 unspecified atom stereocenters. The monoisotopic (exact) mass is 309 g/mol. The zero-order chi connectivity index (χ0) is 16.2. The summed E-state index contributed by atoms with van der Waals surface area (Å²) in [5.74, 6) is 0.423. The molecule has 1 amide bonds. The molecule has 0 aliphatic carbocycles. The number of likely N-dealkylation sites (tertiary alicyclic amines) is 1. The van der Waals surface area contributed by atoms with Crippen molar-refractivity contribution < 1.29 is 4.79 Å². The summed E-state index contributed by atoms with van der Waals surface area (Å²) in [4.78, 5) is 19.2. The molecule has 0 saturated carbocycles. The molecule has 1 heterocycles. The predicted octanol–water partition coefficient (Wildman–Crippen LogP) is 3.44. The molecular weight excluding hydrogens is 278 g/mol. The van der Waals surface area contributed by atoms with Crippen molar-refractivity contribution in [2.75, 3.05) is 39.3 Å². The summed E-state index contributed by atoms with van der Waals surface area (Å²) in [6, 6.07) is 0. The maximum Gasteiger partial charge on any atom is 0.222 e. The van der Waals surface area contributed by atoms with Crippen LogP contribution in [0.1, 0.15) is 52.4 Å². The Labute approximate surface area is 134 Å². The first-order valence-electron chi connectivity index (χ1n) is 8.72. The van der Waals surface area contributed by atoms with Crippen LogP contribution < -0.4 is 0 Å². The lowest BCUT2D eigenvalue weighted by Crippen LogP contribution is -2.32. The quantitative estimate of drug-likeness (QED) is 0.315. The molecule has 1 aliphatic rings. The Morgan fingerprint density at radius 2 is 1.86 bits per heavy atom. The second kappa shape index (κ2) is 11.3. The van der Waals surface area contributed by atoms with Gasteiger partial charge in [-0.15, -0.1) is 0 Å². The summed E-state index contributed by atoms with van der Waals surface area (Å²) in [6.07, 6.45) is 6.53. The zero-order valence-corrected chi connectivity index (χ0v) is 14.2. The van der Waals surface area contributed by atoms with Gasteiger partial charge in [-0.3, -0.25) is 4.79 Å². The molecule has 1 saturated heterocycles. The van der Waals surface area contributed by atoms with Gasteiger partial charge < -0.3 is 9.80 Å². The van der Waals surface area contributed by atoms with Crippen molar-refractivity contribution in [3.05, 3.63) is 10.4 Å². The maximum absolute atomic E-state index is 11.9. The number of azide groups is 1. The highest BCUT2D eigenvalue weighted by atomic mass is 16.2. The van der Waals surface area contributed by atoms with Gasteiger partial charge in [0.05, 0.1) is 0 Å². The van der Waals surface area contributed by atoms with Crippen LogP contribution in [0.2, 0.25) is 0 Å². The number of carbonyl (C=O) groups is 1. The number of hydrogen-bond donors (Lipinski definition) is 0. The average molecular weight is 309 g/mol. The fraction of sp³-hybridized carbons (Fsp3) is 0.938. The Morgan fingerprint density at radius 3 is 2.45 bits per heavy atom. The van der Waals surface area contributed by atoms with Crippen molar-refractivity contribution in [1.82, 2.24) is 9.80 Å². The molecule has 0 spiro atoms. The van der Waals surface area contributed by atoms with Crippen molar-refractivity contribution in [2.24, 2.45) is 11.0 Å². The lowest BCUT2D eigenvalue weighted by atomic mass is 10.1. The molecule has 1 fully saturated rings. The highest BCUT2D eigenvalue weighted by Gasteiger charge is 2.28. The number of unbranched alkanes of at least 4 members (excludes halogenated alkanes) is 2. The number of hydrogen-bond acceptors (Lipinski definition) is 3. The van der Waals surface area contributed by atoms with E-state index in [0.29, 0.717) is 13.0 Å². The third-order valence-electron chi connectivity index (χ3n) is 4.26. The van der Waals surface area contributed by atoms with E-state index in [0.717, 1.165) is 26.1 Å². The minimum atomic E-state index is 0.208. The molecule has 22 heavy (non-hydrogen) atoms. The summed E-state index contributed by atoms with van der Waals surface area (Å²) in [5.41, 5.74) is 8.36. The molecular formula is C16H31N5O. The number of nitrogens with zero attached hydrogens (tertiary/aromatic N) is 5. The number of rotatable bonds is 12. The van der Waals surface area contributed by atoms with Crippen molar-refractivity contribution in [3.63, 3.8) is 0 Å². The molecule has 0 bridgehead atoms. The number of amides is 1. The molecule has 0 aromatic carbocycles. The van der Waals surface area contributed by atoms with E-state index < -0.39 is 0 Å². The van der Waals surface area contributed by atoms with Gasteiger partial charge in [-0.2, -0.15) is 0 Å². The second-order valence-electron chi connectivity index (χ2n) is 6.23. The van der Waals surface area contributed by atoms with Gasteiger partial charge in [-0.1, -0.05) is 31.8 Å². The van der Waals surface area contributed by atoms with Gasteiger partial charge in [-0.25, -0.2) is 0 Å². The molecule has 1 aliphatic heterocycles. The average Bonchev–Trinajstić information content (AvgIpc) is 2.87. The minimum absolute atomic E-state index is 0.208. The van der Waals surface area contributed by atoms with Crippen LogP contribution in [0.25, 0.3) is 10.4 Å². The van der Waals surface area contributed by atoms with Gasteiger partial charge in [0.1, 0.15) is 0 Å². The molecule has 0 radical (unpaired) electrons. The molecule has 6 heteroatoms. The molecule has 6 nitrogen and oxygen atoms in total. The molecule has 0 aromatic heterocycles. The maximum atomic E-state index is 11.9. The third-order valence-corrected chi connectivity index (χ3v) is 4.26. The Kier molecular flexibility index (Phi) is 9.67. The predicted molar refractivity (Wildman–Crippen MR) is 89.6 cm³/mol. The first kappa shape index (κ1) is 18.8. The summed E-state index contributed by atoms with van der Waals surface area (Å²) in [5, 5.41) is 3.59. The van der Waals surface area contributed by atoms with E-state index in [1.54, 1.807) is 0 Å². The molecule has 0 aromatic rings. The van der Waals surface area contributed by atoms with E-state index in [2.05, 4.69) is 28.8 Å². The van der Waals surface area contributed by atoms with Crippen LogP contribution in [-0.2, 0) is 4.79 Å². The first-order chi connectivity index (χ1) is 10.7. The SMILES string of the molecule is CCCCN(CCCC)CCCN1CC(CN=[N+]=[N-])CC1=O. The van der Waals surface area contributed by atoms with Crippen LogP contribution in [0.4, 0.5) is 0 Å². The largest absolute Gasteiger partial charge is 0.342 e. The fourth-order valence-electron chi connectivity index (χ4n) is 2.93. The van der Waals surface area contributed by atoms with Gasteiger partial charge in [0.15, 0.2) is 0 Å². The lowest BCUT2D eigenvalue weighted by Gasteiger charge is -2.23. The topological polar surface area (TPSA) is 72.3 Å². The van der Waals surface area contributed by atoms with Crippen LogP contribution >= 0.6 is 0 Å². The summed E-state index contributed by atoms with van der Waals surface area (Å²) in [6.45, 7) is 9.90. The second-order valence-corrected chi connectivity index (χ2v) is 6.23. The van der Waals surface area contributed by atoms with Gasteiger partial charge in [-0.05, 0) is 50.3 Å². The normalized spacial score (nSPS) is 18.0. The van der Waals surface area contributed by atoms with E-state index in [9.17, 15) is 4.79 Å². The van der Waals surface area contributed by atoms with E-state index >= 15 is 0 Å². The Hall–Kier alpha value is -1.26. The Balaban J connectivity index is 2.28. The van der Waals surface area contributed by atoms with Gasteiger partial charge in [0.25, 0.3) is 0 Å². The summed E-state index contributed by atoms with van der Waals surface area (Å²) >= 11 is 0. The molecule has 1 atom stereocenters. The Bertz CT molecular complexity index is 360. The van der Waals surface area contributed by atoms with E-state index in [1.165, 1.54) is 38.8 Å². The van der Waals surface area contributed by atoms with Crippen LogP contribution in [0.3, 0.4) is 0 Å². The smallest absolute Gasteiger partial charge is 0.222 e. The van der Waals surface area contributed by atoms with E-state index in [4.69, 9.17) is 5.53 Å². The Morgan fingerprint density at radius 1 is 1.23 bits per heavy atom. The first-order valence-corrected chi connectivity index (χ1v) is 8.72.